The van der Waals surface area contributed by atoms with Gasteiger partial charge in [-0.05, 0) is 11.8 Å². The molecule has 0 radical (unpaired) electrons. The Hall–Kier alpha value is -0.610. The number of nitrogens with two attached hydrogens (primary N) is 1. The minimum absolute atomic E-state index is 0.0893. The van der Waals surface area contributed by atoms with Gasteiger partial charge in [-0.15, -0.1) is 0 Å². The number of methoxy groups -OCH3 is 1. The third kappa shape index (κ3) is 5.19. The van der Waals surface area contributed by atoms with E-state index in [-0.39, 0.29) is 11.3 Å². The molecule has 0 aromatic carbocycles. The van der Waals surface area contributed by atoms with Crippen molar-refractivity contribution in [1.82, 2.24) is 5.32 Å². The number of carbonyl (C=O) groups excluding carboxylic acids is 1. The van der Waals surface area contributed by atoms with Crippen LogP contribution in [-0.2, 0) is 9.53 Å². The third-order valence-corrected chi connectivity index (χ3v) is 2.04. The van der Waals surface area contributed by atoms with E-state index in [0.29, 0.717) is 13.2 Å². The largest absolute Gasteiger partial charge is 0.385 e. The Kier molecular flexibility index (Phi) is 5.72. The molecule has 0 aromatic heterocycles. The number of amides is 1. The lowest BCUT2D eigenvalue weighted by Gasteiger charge is -2.25. The average Bonchev–Trinajstić information content (AvgIpc) is 2.09. The van der Waals surface area contributed by atoms with Crippen LogP contribution in [0, 0.1) is 5.41 Å². The van der Waals surface area contributed by atoms with Crippen LogP contribution in [0.15, 0.2) is 0 Å². The minimum Gasteiger partial charge on any atom is -0.385 e. The second kappa shape index (κ2) is 5.98. The number of carbonyl (C=O) groups is 1. The predicted molar refractivity (Wildman–Crippen MR) is 56.9 cm³/mol. The highest BCUT2D eigenvalue weighted by Gasteiger charge is 2.26. The van der Waals surface area contributed by atoms with E-state index < -0.39 is 6.04 Å². The summed E-state index contributed by atoms with van der Waals surface area (Å²) in [4.78, 5) is 11.5. The van der Waals surface area contributed by atoms with Gasteiger partial charge in [-0.2, -0.15) is 0 Å². The van der Waals surface area contributed by atoms with Gasteiger partial charge in [-0.25, -0.2) is 0 Å². The molecule has 0 fully saturated rings. The van der Waals surface area contributed by atoms with Crippen LogP contribution in [0.5, 0.6) is 0 Å². The van der Waals surface area contributed by atoms with Crippen molar-refractivity contribution in [2.75, 3.05) is 20.3 Å². The van der Waals surface area contributed by atoms with Crippen molar-refractivity contribution in [2.24, 2.45) is 11.1 Å². The van der Waals surface area contributed by atoms with Gasteiger partial charge in [-0.3, -0.25) is 4.79 Å². The average molecular weight is 202 g/mol. The van der Waals surface area contributed by atoms with Crippen molar-refractivity contribution in [3.63, 3.8) is 0 Å². The number of ether oxygens (including phenoxy) is 1. The van der Waals surface area contributed by atoms with Crippen LogP contribution in [0.4, 0.5) is 0 Å². The molecule has 1 amide bonds. The molecule has 14 heavy (non-hydrogen) atoms. The number of hydrogen-bond donors (Lipinski definition) is 2. The maximum absolute atomic E-state index is 11.5. The monoisotopic (exact) mass is 202 g/mol. The molecule has 84 valence electrons. The van der Waals surface area contributed by atoms with E-state index in [0.717, 1.165) is 6.42 Å². The Morgan fingerprint density at radius 3 is 2.50 bits per heavy atom. The fourth-order valence-corrected chi connectivity index (χ4v) is 0.931. The second-order valence-electron chi connectivity index (χ2n) is 4.48. The summed E-state index contributed by atoms with van der Waals surface area (Å²) in [6, 6.07) is -0.454. The summed E-state index contributed by atoms with van der Waals surface area (Å²) >= 11 is 0. The first-order valence-corrected chi connectivity index (χ1v) is 4.92. The number of rotatable bonds is 5. The van der Waals surface area contributed by atoms with Gasteiger partial charge in [0.1, 0.15) is 0 Å². The molecule has 1 unspecified atom stereocenters. The van der Waals surface area contributed by atoms with Gasteiger partial charge >= 0.3 is 0 Å². The van der Waals surface area contributed by atoms with E-state index in [9.17, 15) is 4.79 Å². The lowest BCUT2D eigenvalue weighted by atomic mass is 9.87. The van der Waals surface area contributed by atoms with E-state index in [4.69, 9.17) is 10.5 Å². The lowest BCUT2D eigenvalue weighted by molar-refractivity contribution is -0.124. The molecule has 0 aliphatic carbocycles. The summed E-state index contributed by atoms with van der Waals surface area (Å²) in [6.45, 7) is 7.13. The van der Waals surface area contributed by atoms with E-state index >= 15 is 0 Å². The van der Waals surface area contributed by atoms with Gasteiger partial charge in [0.05, 0.1) is 6.04 Å². The van der Waals surface area contributed by atoms with Crippen molar-refractivity contribution in [3.05, 3.63) is 0 Å². The standard InChI is InChI=1S/C10H22N2O2/c1-10(2,3)8(11)9(13)12-6-5-7-14-4/h8H,5-7,11H2,1-4H3,(H,12,13). The predicted octanol–water partition coefficient (Wildman–Crippen LogP) is 0.513. The molecule has 0 bridgehead atoms. The fourth-order valence-electron chi connectivity index (χ4n) is 0.931. The van der Waals surface area contributed by atoms with Crippen LogP contribution in [-0.4, -0.2) is 32.2 Å². The molecule has 0 saturated heterocycles. The van der Waals surface area contributed by atoms with Gasteiger partial charge in [0.15, 0.2) is 0 Å². The summed E-state index contributed by atoms with van der Waals surface area (Å²) in [5.74, 6) is -0.0893. The van der Waals surface area contributed by atoms with Crippen molar-refractivity contribution in [3.8, 4) is 0 Å². The summed E-state index contributed by atoms with van der Waals surface area (Å²) < 4.78 is 4.87. The van der Waals surface area contributed by atoms with E-state index in [2.05, 4.69) is 5.32 Å². The van der Waals surface area contributed by atoms with Gasteiger partial charge in [0.2, 0.25) is 5.91 Å². The highest BCUT2D eigenvalue weighted by Crippen LogP contribution is 2.16. The Morgan fingerprint density at radius 2 is 2.07 bits per heavy atom. The van der Waals surface area contributed by atoms with Crippen LogP contribution >= 0.6 is 0 Å². The molecule has 0 spiro atoms. The zero-order valence-electron chi connectivity index (χ0n) is 9.59. The zero-order valence-corrected chi connectivity index (χ0v) is 9.59. The van der Waals surface area contributed by atoms with Crippen LogP contribution in [0.3, 0.4) is 0 Å². The van der Waals surface area contributed by atoms with Crippen LogP contribution in [0.25, 0.3) is 0 Å². The first-order valence-electron chi connectivity index (χ1n) is 4.92. The topological polar surface area (TPSA) is 64.3 Å². The molecular weight excluding hydrogens is 180 g/mol. The Balaban J connectivity index is 3.74. The zero-order chi connectivity index (χ0) is 11.2. The summed E-state index contributed by atoms with van der Waals surface area (Å²) in [7, 11) is 1.64. The van der Waals surface area contributed by atoms with Crippen molar-refractivity contribution >= 4 is 5.91 Å². The highest BCUT2D eigenvalue weighted by atomic mass is 16.5. The molecule has 0 rings (SSSR count). The highest BCUT2D eigenvalue weighted by molar-refractivity contribution is 5.82. The Morgan fingerprint density at radius 1 is 1.50 bits per heavy atom. The minimum atomic E-state index is -0.454. The Labute approximate surface area is 86.2 Å². The quantitative estimate of drug-likeness (QED) is 0.639. The SMILES string of the molecule is COCCCNC(=O)C(N)C(C)(C)C. The van der Waals surface area contributed by atoms with Gasteiger partial charge in [-0.1, -0.05) is 20.8 Å². The molecule has 3 N–H and O–H groups in total. The van der Waals surface area contributed by atoms with Crippen LogP contribution in [0.1, 0.15) is 27.2 Å². The van der Waals surface area contributed by atoms with Crippen LogP contribution in [0.2, 0.25) is 0 Å². The number of nitrogens with one attached hydrogen (secondary N) is 1. The van der Waals surface area contributed by atoms with Gasteiger partial charge in [0.25, 0.3) is 0 Å². The normalized spacial score (nSPS) is 13.8. The molecule has 0 aromatic rings. The molecule has 4 heteroatoms. The van der Waals surface area contributed by atoms with E-state index in [1.165, 1.54) is 0 Å². The maximum atomic E-state index is 11.5. The summed E-state index contributed by atoms with van der Waals surface area (Å²) in [6.07, 6.45) is 0.819. The first kappa shape index (κ1) is 13.4. The summed E-state index contributed by atoms with van der Waals surface area (Å²) in [5, 5.41) is 2.78. The van der Waals surface area contributed by atoms with Crippen molar-refractivity contribution in [2.45, 2.75) is 33.2 Å². The molecular formula is C10H22N2O2. The maximum Gasteiger partial charge on any atom is 0.237 e. The van der Waals surface area contributed by atoms with E-state index in [1.807, 2.05) is 20.8 Å². The molecule has 1 atom stereocenters. The van der Waals surface area contributed by atoms with Gasteiger partial charge < -0.3 is 15.8 Å². The molecule has 4 nitrogen and oxygen atoms in total. The molecule has 0 aliphatic heterocycles. The Bertz CT molecular complexity index is 175. The summed E-state index contributed by atoms with van der Waals surface area (Å²) in [5.41, 5.74) is 5.58. The second-order valence-corrected chi connectivity index (χ2v) is 4.48. The van der Waals surface area contributed by atoms with Crippen molar-refractivity contribution in [1.29, 1.82) is 0 Å². The number of hydrogen-bond acceptors (Lipinski definition) is 3. The smallest absolute Gasteiger partial charge is 0.237 e. The molecule has 0 saturated carbocycles. The fraction of sp³-hybridized carbons (Fsp3) is 0.900. The lowest BCUT2D eigenvalue weighted by Crippen LogP contribution is -2.48. The first-order chi connectivity index (χ1) is 6.39. The van der Waals surface area contributed by atoms with Crippen molar-refractivity contribution < 1.29 is 9.53 Å². The molecule has 0 heterocycles. The third-order valence-electron chi connectivity index (χ3n) is 2.04. The van der Waals surface area contributed by atoms with Crippen LogP contribution < -0.4 is 11.1 Å². The molecule has 0 aliphatic rings. The van der Waals surface area contributed by atoms with Gasteiger partial charge in [0, 0.05) is 20.3 Å². The van der Waals surface area contributed by atoms with E-state index in [1.54, 1.807) is 7.11 Å².